The number of hydrogen-bond donors (Lipinski definition) is 2. The average molecular weight is 387 g/mol. The maximum absolute atomic E-state index is 12.7. The summed E-state index contributed by atoms with van der Waals surface area (Å²) in [6.07, 6.45) is 2.33. The summed E-state index contributed by atoms with van der Waals surface area (Å²) in [6.45, 7) is 0.642. The monoisotopic (exact) mass is 387 g/mol. The molecule has 0 unspecified atom stereocenters. The maximum atomic E-state index is 12.7. The highest BCUT2D eigenvalue weighted by molar-refractivity contribution is 7.92. The third-order valence-corrected chi connectivity index (χ3v) is 5.81. The lowest BCUT2D eigenvalue weighted by Gasteiger charge is -2.26. The van der Waals surface area contributed by atoms with Gasteiger partial charge in [-0.3, -0.25) is 14.3 Å². The van der Waals surface area contributed by atoms with Gasteiger partial charge in [0.15, 0.2) is 0 Å². The van der Waals surface area contributed by atoms with Crippen LogP contribution in [-0.2, 0) is 14.8 Å². The zero-order chi connectivity index (χ0) is 19.4. The van der Waals surface area contributed by atoms with E-state index in [2.05, 4.69) is 10.0 Å². The summed E-state index contributed by atoms with van der Waals surface area (Å²) in [4.78, 5) is 25.7. The Labute approximate surface area is 158 Å². The van der Waals surface area contributed by atoms with Gasteiger partial charge in [0, 0.05) is 25.7 Å². The number of nitrogens with one attached hydrogen (secondary N) is 2. The van der Waals surface area contributed by atoms with Gasteiger partial charge in [-0.25, -0.2) is 8.42 Å². The lowest BCUT2D eigenvalue weighted by atomic mass is 10.1. The zero-order valence-corrected chi connectivity index (χ0v) is 15.8. The third-order valence-electron chi connectivity index (χ3n) is 4.43. The molecule has 1 heterocycles. The van der Waals surface area contributed by atoms with Gasteiger partial charge in [0.1, 0.15) is 0 Å². The molecule has 0 radical (unpaired) electrons. The van der Waals surface area contributed by atoms with Gasteiger partial charge in [-0.15, -0.1) is 0 Å². The van der Waals surface area contributed by atoms with Crippen LogP contribution < -0.4 is 14.9 Å². The molecule has 142 valence electrons. The second-order valence-corrected chi connectivity index (χ2v) is 7.91. The average Bonchev–Trinajstić information content (AvgIpc) is 2.68. The second kappa shape index (κ2) is 7.79. The van der Waals surface area contributed by atoms with Crippen molar-refractivity contribution in [1.29, 1.82) is 0 Å². The number of rotatable bonds is 5. The highest BCUT2D eigenvalue weighted by Crippen LogP contribution is 2.24. The summed E-state index contributed by atoms with van der Waals surface area (Å²) < 4.78 is 27.8. The molecule has 0 atom stereocenters. The number of para-hydroxylation sites is 1. The van der Waals surface area contributed by atoms with Gasteiger partial charge in [-0.05, 0) is 49.2 Å². The van der Waals surface area contributed by atoms with Crippen molar-refractivity contribution in [2.24, 2.45) is 0 Å². The van der Waals surface area contributed by atoms with Crippen LogP contribution in [0.15, 0.2) is 53.4 Å². The van der Waals surface area contributed by atoms with E-state index in [9.17, 15) is 18.0 Å². The molecule has 1 saturated heterocycles. The van der Waals surface area contributed by atoms with Crippen molar-refractivity contribution in [3.05, 3.63) is 54.1 Å². The summed E-state index contributed by atoms with van der Waals surface area (Å²) in [5, 5.41) is 2.48. The number of benzene rings is 2. The fraction of sp³-hybridized carbons (Fsp3) is 0.263. The van der Waals surface area contributed by atoms with E-state index in [-0.39, 0.29) is 28.0 Å². The third kappa shape index (κ3) is 4.11. The number of piperidine rings is 1. The van der Waals surface area contributed by atoms with Crippen LogP contribution >= 0.6 is 0 Å². The van der Waals surface area contributed by atoms with Crippen LogP contribution in [0.1, 0.15) is 29.6 Å². The molecule has 2 aromatic rings. The van der Waals surface area contributed by atoms with Crippen molar-refractivity contribution in [3.63, 3.8) is 0 Å². The highest BCUT2D eigenvalue weighted by atomic mass is 32.2. The van der Waals surface area contributed by atoms with Crippen LogP contribution in [0.2, 0.25) is 0 Å². The van der Waals surface area contributed by atoms with Crippen molar-refractivity contribution in [2.75, 3.05) is 23.2 Å². The predicted octanol–water partition coefficient (Wildman–Crippen LogP) is 2.36. The molecule has 0 saturated carbocycles. The first kappa shape index (κ1) is 18.9. The number of carbonyl (C=O) groups excluding carboxylic acids is 2. The first-order valence-electron chi connectivity index (χ1n) is 8.67. The van der Waals surface area contributed by atoms with E-state index in [4.69, 9.17) is 0 Å². The molecule has 2 aromatic carbocycles. The van der Waals surface area contributed by atoms with Gasteiger partial charge < -0.3 is 10.2 Å². The van der Waals surface area contributed by atoms with Crippen LogP contribution in [0.25, 0.3) is 0 Å². The number of nitrogens with zero attached hydrogens (tertiary/aromatic N) is 1. The minimum Gasteiger partial charge on any atom is -0.355 e. The molecule has 1 aliphatic heterocycles. The molecule has 7 nitrogen and oxygen atoms in total. The topological polar surface area (TPSA) is 95.6 Å². The van der Waals surface area contributed by atoms with E-state index < -0.39 is 10.0 Å². The summed E-state index contributed by atoms with van der Waals surface area (Å²) in [6, 6.07) is 12.6. The Hall–Kier alpha value is -2.87. The van der Waals surface area contributed by atoms with E-state index in [1.807, 2.05) is 0 Å². The van der Waals surface area contributed by atoms with Gasteiger partial charge in [-0.1, -0.05) is 12.1 Å². The lowest BCUT2D eigenvalue weighted by Crippen LogP contribution is -2.35. The Morgan fingerprint density at radius 2 is 1.74 bits per heavy atom. The minimum atomic E-state index is -3.87. The molecule has 0 aliphatic carbocycles. The van der Waals surface area contributed by atoms with Crippen molar-refractivity contribution in [3.8, 4) is 0 Å². The molecule has 2 N–H and O–H groups in total. The summed E-state index contributed by atoms with van der Waals surface area (Å²) >= 11 is 0. The standard InChI is InChI=1S/C19H21N3O4S/c1-20-19(24)16-6-2-3-7-17(16)21-27(25,26)15-11-9-14(10-12-15)22-13-5-4-8-18(22)23/h2-3,6-7,9-12,21H,4-5,8,13H2,1H3,(H,20,24). The molecular weight excluding hydrogens is 366 g/mol. The fourth-order valence-corrected chi connectivity index (χ4v) is 4.07. The molecule has 0 bridgehead atoms. The fourth-order valence-electron chi connectivity index (χ4n) is 2.99. The van der Waals surface area contributed by atoms with E-state index in [1.54, 1.807) is 35.2 Å². The SMILES string of the molecule is CNC(=O)c1ccccc1NS(=O)(=O)c1ccc(N2CCCCC2=O)cc1. The normalized spacial score (nSPS) is 14.7. The van der Waals surface area contributed by atoms with Gasteiger partial charge in [0.25, 0.3) is 15.9 Å². The predicted molar refractivity (Wildman–Crippen MR) is 103 cm³/mol. The Bertz CT molecular complexity index is 955. The van der Waals surface area contributed by atoms with Crippen molar-refractivity contribution >= 4 is 33.2 Å². The molecule has 0 aromatic heterocycles. The number of anilines is 2. The van der Waals surface area contributed by atoms with Crippen LogP contribution in [0, 0.1) is 0 Å². The summed E-state index contributed by atoms with van der Waals surface area (Å²) in [5.41, 5.74) is 1.12. The quantitative estimate of drug-likeness (QED) is 0.823. The van der Waals surface area contributed by atoms with Crippen molar-refractivity contribution in [2.45, 2.75) is 24.2 Å². The summed E-state index contributed by atoms with van der Waals surface area (Å²) in [5.74, 6) is -0.332. The number of carbonyl (C=O) groups is 2. The molecule has 0 spiro atoms. The van der Waals surface area contributed by atoms with Gasteiger partial charge >= 0.3 is 0 Å². The Balaban J connectivity index is 1.84. The van der Waals surface area contributed by atoms with E-state index in [1.165, 1.54) is 25.2 Å². The summed E-state index contributed by atoms with van der Waals surface area (Å²) in [7, 11) is -2.39. The molecular formula is C19H21N3O4S. The van der Waals surface area contributed by atoms with Gasteiger partial charge in [0.2, 0.25) is 5.91 Å². The van der Waals surface area contributed by atoms with Crippen molar-refractivity contribution < 1.29 is 18.0 Å². The number of amides is 2. The molecule has 1 aliphatic rings. The molecule has 3 rings (SSSR count). The molecule has 2 amide bonds. The number of hydrogen-bond acceptors (Lipinski definition) is 4. The van der Waals surface area contributed by atoms with E-state index in [0.29, 0.717) is 18.7 Å². The molecule has 1 fully saturated rings. The maximum Gasteiger partial charge on any atom is 0.261 e. The van der Waals surface area contributed by atoms with E-state index >= 15 is 0 Å². The van der Waals surface area contributed by atoms with Gasteiger partial charge in [-0.2, -0.15) is 0 Å². The van der Waals surface area contributed by atoms with Crippen LogP contribution in [-0.4, -0.2) is 33.8 Å². The van der Waals surface area contributed by atoms with Crippen LogP contribution in [0.4, 0.5) is 11.4 Å². The second-order valence-electron chi connectivity index (χ2n) is 6.23. The smallest absolute Gasteiger partial charge is 0.261 e. The Kier molecular flexibility index (Phi) is 5.46. The largest absolute Gasteiger partial charge is 0.355 e. The van der Waals surface area contributed by atoms with Crippen LogP contribution in [0.5, 0.6) is 0 Å². The minimum absolute atomic E-state index is 0.0505. The molecule has 27 heavy (non-hydrogen) atoms. The molecule has 8 heteroatoms. The number of sulfonamides is 1. The lowest BCUT2D eigenvalue weighted by molar-refractivity contribution is -0.119. The Morgan fingerprint density at radius 1 is 1.04 bits per heavy atom. The first-order valence-corrected chi connectivity index (χ1v) is 10.1. The van der Waals surface area contributed by atoms with Crippen molar-refractivity contribution in [1.82, 2.24) is 5.32 Å². The van der Waals surface area contributed by atoms with E-state index in [0.717, 1.165) is 12.8 Å². The zero-order valence-electron chi connectivity index (χ0n) is 14.9. The van der Waals surface area contributed by atoms with Crippen LogP contribution in [0.3, 0.4) is 0 Å². The highest BCUT2D eigenvalue weighted by Gasteiger charge is 2.21. The first-order chi connectivity index (χ1) is 12.9. The Morgan fingerprint density at radius 3 is 2.41 bits per heavy atom. The van der Waals surface area contributed by atoms with Gasteiger partial charge in [0.05, 0.1) is 16.1 Å².